The van der Waals surface area contributed by atoms with Crippen molar-refractivity contribution in [1.82, 2.24) is 4.90 Å². The molecule has 0 aromatic rings. The first-order valence-electron chi connectivity index (χ1n) is 5.68. The zero-order valence-electron chi connectivity index (χ0n) is 10.1. The van der Waals surface area contributed by atoms with Crippen LogP contribution in [0, 0.1) is 5.41 Å². The number of likely N-dealkylation sites (tertiary alicyclic amines) is 1. The van der Waals surface area contributed by atoms with E-state index >= 15 is 0 Å². The summed E-state index contributed by atoms with van der Waals surface area (Å²) in [6.07, 6.45) is 2.67. The van der Waals surface area contributed by atoms with Crippen molar-refractivity contribution in [1.29, 1.82) is 0 Å². The number of nitrogens with zero attached hydrogens (tertiary/aromatic N) is 1. The van der Waals surface area contributed by atoms with E-state index in [4.69, 9.17) is 4.74 Å². The van der Waals surface area contributed by atoms with Crippen LogP contribution in [0.2, 0.25) is 0 Å². The highest BCUT2D eigenvalue weighted by Gasteiger charge is 2.65. The van der Waals surface area contributed by atoms with Crippen molar-refractivity contribution < 1.29 is 4.74 Å². The van der Waals surface area contributed by atoms with Gasteiger partial charge >= 0.3 is 0 Å². The lowest BCUT2D eigenvalue weighted by molar-refractivity contribution is 0.103. The number of methoxy groups -OCH3 is 1. The Labute approximate surface area is 87.6 Å². The fraction of sp³-hybridized carbons (Fsp3) is 1.00. The lowest BCUT2D eigenvalue weighted by Crippen LogP contribution is -2.45. The quantitative estimate of drug-likeness (QED) is 0.673. The highest BCUT2D eigenvalue weighted by Crippen LogP contribution is 2.61. The van der Waals surface area contributed by atoms with Gasteiger partial charge in [0.1, 0.15) is 0 Å². The molecular formula is C12H23NO. The third-order valence-corrected chi connectivity index (χ3v) is 3.87. The largest absolute Gasteiger partial charge is 0.384 e. The second kappa shape index (κ2) is 2.96. The molecule has 0 amide bonds. The van der Waals surface area contributed by atoms with Gasteiger partial charge in [-0.25, -0.2) is 0 Å². The van der Waals surface area contributed by atoms with E-state index in [1.54, 1.807) is 0 Å². The van der Waals surface area contributed by atoms with E-state index in [2.05, 4.69) is 32.6 Å². The summed E-state index contributed by atoms with van der Waals surface area (Å²) in [7, 11) is 1.83. The molecule has 82 valence electrons. The molecule has 2 aliphatic rings. The molecule has 2 heteroatoms. The maximum atomic E-state index is 5.35. The standard InChI is InChI=1S/C12H23NO/c1-9-6-12(8-14-5)7-10(12)13(9)11(2,3)4/h9-10H,6-8H2,1-5H3/t9-,10-,12+/m1/s1. The molecule has 0 bridgehead atoms. The van der Waals surface area contributed by atoms with Crippen molar-refractivity contribution in [3.05, 3.63) is 0 Å². The summed E-state index contributed by atoms with van der Waals surface area (Å²) in [5, 5.41) is 0. The first kappa shape index (κ1) is 10.4. The molecule has 1 saturated carbocycles. The Bertz CT molecular complexity index is 233. The monoisotopic (exact) mass is 197 g/mol. The maximum absolute atomic E-state index is 5.35. The fourth-order valence-electron chi connectivity index (χ4n) is 3.56. The molecule has 1 aliphatic carbocycles. The van der Waals surface area contributed by atoms with Gasteiger partial charge in [0.25, 0.3) is 0 Å². The van der Waals surface area contributed by atoms with Crippen LogP contribution in [0.5, 0.6) is 0 Å². The molecule has 0 radical (unpaired) electrons. The van der Waals surface area contributed by atoms with Gasteiger partial charge in [-0.3, -0.25) is 4.90 Å². The van der Waals surface area contributed by atoms with Crippen LogP contribution < -0.4 is 0 Å². The van der Waals surface area contributed by atoms with E-state index in [-0.39, 0.29) is 0 Å². The van der Waals surface area contributed by atoms with E-state index in [9.17, 15) is 0 Å². The van der Waals surface area contributed by atoms with Gasteiger partial charge < -0.3 is 4.74 Å². The van der Waals surface area contributed by atoms with Crippen LogP contribution >= 0.6 is 0 Å². The van der Waals surface area contributed by atoms with Gasteiger partial charge in [-0.05, 0) is 40.5 Å². The van der Waals surface area contributed by atoms with Gasteiger partial charge in [-0.1, -0.05) is 0 Å². The number of hydrogen-bond donors (Lipinski definition) is 0. The summed E-state index contributed by atoms with van der Waals surface area (Å²) in [6, 6.07) is 1.52. The van der Waals surface area contributed by atoms with Gasteiger partial charge in [0.15, 0.2) is 0 Å². The molecule has 0 spiro atoms. The number of fused-ring (bicyclic) bond motifs is 1. The average Bonchev–Trinajstić information content (AvgIpc) is 2.53. The Morgan fingerprint density at radius 1 is 1.36 bits per heavy atom. The summed E-state index contributed by atoms with van der Waals surface area (Å²) in [6.45, 7) is 10.3. The van der Waals surface area contributed by atoms with Crippen molar-refractivity contribution in [2.24, 2.45) is 5.41 Å². The molecule has 0 aromatic carbocycles. The van der Waals surface area contributed by atoms with Crippen molar-refractivity contribution in [2.45, 2.75) is 58.2 Å². The molecule has 0 unspecified atom stereocenters. The zero-order chi connectivity index (χ0) is 10.6. The minimum atomic E-state index is 0.316. The van der Waals surface area contributed by atoms with Gasteiger partial charge in [0, 0.05) is 30.1 Å². The molecule has 1 heterocycles. The van der Waals surface area contributed by atoms with Gasteiger partial charge in [0.2, 0.25) is 0 Å². The predicted molar refractivity (Wildman–Crippen MR) is 58.4 cm³/mol. The van der Waals surface area contributed by atoms with Gasteiger partial charge in [0.05, 0.1) is 6.61 Å². The van der Waals surface area contributed by atoms with Crippen LogP contribution in [0.25, 0.3) is 0 Å². The Kier molecular flexibility index (Phi) is 2.20. The molecule has 2 nitrogen and oxygen atoms in total. The molecular weight excluding hydrogens is 174 g/mol. The average molecular weight is 197 g/mol. The van der Waals surface area contributed by atoms with E-state index in [1.807, 2.05) is 7.11 Å². The normalized spacial score (nSPS) is 42.6. The van der Waals surface area contributed by atoms with Crippen molar-refractivity contribution >= 4 is 0 Å². The second-order valence-electron chi connectivity index (χ2n) is 6.15. The molecule has 14 heavy (non-hydrogen) atoms. The van der Waals surface area contributed by atoms with Crippen LogP contribution in [-0.4, -0.2) is 36.2 Å². The highest BCUT2D eigenvalue weighted by molar-refractivity contribution is 5.18. The summed E-state index contributed by atoms with van der Waals surface area (Å²) in [5.41, 5.74) is 0.831. The van der Waals surface area contributed by atoms with Gasteiger partial charge in [-0.2, -0.15) is 0 Å². The van der Waals surface area contributed by atoms with Crippen LogP contribution in [-0.2, 0) is 4.74 Å². The first-order chi connectivity index (χ1) is 6.41. The summed E-state index contributed by atoms with van der Waals surface area (Å²) in [4.78, 5) is 2.69. The number of rotatable bonds is 2. The van der Waals surface area contributed by atoms with Crippen LogP contribution in [0.4, 0.5) is 0 Å². The van der Waals surface area contributed by atoms with Crippen LogP contribution in [0.3, 0.4) is 0 Å². The molecule has 2 rings (SSSR count). The van der Waals surface area contributed by atoms with E-state index in [1.165, 1.54) is 12.8 Å². The topological polar surface area (TPSA) is 12.5 Å². The van der Waals surface area contributed by atoms with Gasteiger partial charge in [-0.15, -0.1) is 0 Å². The van der Waals surface area contributed by atoms with Crippen molar-refractivity contribution in [3.8, 4) is 0 Å². The Balaban J connectivity index is 2.10. The molecule has 3 atom stereocenters. The van der Waals surface area contributed by atoms with Crippen molar-refractivity contribution in [2.75, 3.05) is 13.7 Å². The zero-order valence-corrected chi connectivity index (χ0v) is 10.1. The van der Waals surface area contributed by atoms with E-state index in [0.29, 0.717) is 11.0 Å². The Morgan fingerprint density at radius 2 is 2.00 bits per heavy atom. The molecule has 1 aliphatic heterocycles. The molecule has 1 saturated heterocycles. The lowest BCUT2D eigenvalue weighted by Gasteiger charge is -2.37. The van der Waals surface area contributed by atoms with Crippen LogP contribution in [0.15, 0.2) is 0 Å². The van der Waals surface area contributed by atoms with E-state index < -0.39 is 0 Å². The number of ether oxygens (including phenoxy) is 1. The van der Waals surface area contributed by atoms with E-state index in [0.717, 1.165) is 18.7 Å². The molecule has 2 fully saturated rings. The molecule has 0 N–H and O–H groups in total. The summed E-state index contributed by atoms with van der Waals surface area (Å²) >= 11 is 0. The third kappa shape index (κ3) is 1.40. The smallest absolute Gasteiger partial charge is 0.0534 e. The minimum absolute atomic E-state index is 0.316. The number of piperidine rings is 1. The lowest BCUT2D eigenvalue weighted by atomic mass is 10.0. The SMILES string of the molecule is COC[C@@]12C[C@@H](C)N(C(C)(C)C)[C@@H]1C2. The maximum Gasteiger partial charge on any atom is 0.0534 e. The summed E-state index contributed by atoms with van der Waals surface area (Å²) in [5.74, 6) is 0. The van der Waals surface area contributed by atoms with Crippen LogP contribution in [0.1, 0.15) is 40.5 Å². The Morgan fingerprint density at radius 3 is 2.43 bits per heavy atom. The minimum Gasteiger partial charge on any atom is -0.384 e. The second-order valence-corrected chi connectivity index (χ2v) is 6.15. The highest BCUT2D eigenvalue weighted by atomic mass is 16.5. The fourth-order valence-corrected chi connectivity index (χ4v) is 3.56. The molecule has 0 aromatic heterocycles. The van der Waals surface area contributed by atoms with Crippen molar-refractivity contribution in [3.63, 3.8) is 0 Å². The number of hydrogen-bond acceptors (Lipinski definition) is 2. The first-order valence-corrected chi connectivity index (χ1v) is 5.68. The third-order valence-electron chi connectivity index (χ3n) is 3.87. The Hall–Kier alpha value is -0.0800. The predicted octanol–water partition coefficient (Wildman–Crippen LogP) is 2.28. The summed E-state index contributed by atoms with van der Waals surface area (Å²) < 4.78 is 5.35.